The van der Waals surface area contributed by atoms with Crippen molar-refractivity contribution in [3.8, 4) is 22.8 Å². The second-order valence-electron chi connectivity index (χ2n) is 6.77. The predicted octanol–water partition coefficient (Wildman–Crippen LogP) is 4.45. The average molecular weight is 302 g/mol. The SMILES string of the molecule is CCCCCc1cc(O)c(-c2ccnn2C(C)(C)C)c(O)c1. The zero-order valence-electron chi connectivity index (χ0n) is 13.9. The maximum atomic E-state index is 10.4. The number of hydrogen-bond acceptors (Lipinski definition) is 3. The quantitative estimate of drug-likeness (QED) is 0.802. The van der Waals surface area contributed by atoms with E-state index < -0.39 is 0 Å². The van der Waals surface area contributed by atoms with Crippen LogP contribution >= 0.6 is 0 Å². The van der Waals surface area contributed by atoms with Crippen molar-refractivity contribution in [2.75, 3.05) is 0 Å². The van der Waals surface area contributed by atoms with E-state index in [-0.39, 0.29) is 17.0 Å². The molecule has 1 aromatic carbocycles. The lowest BCUT2D eigenvalue weighted by Crippen LogP contribution is -2.23. The summed E-state index contributed by atoms with van der Waals surface area (Å²) in [5.74, 6) is 0.218. The Balaban J connectivity index is 2.39. The molecule has 0 spiro atoms. The fourth-order valence-electron chi connectivity index (χ4n) is 2.68. The Morgan fingerprint density at radius 1 is 1.09 bits per heavy atom. The third kappa shape index (κ3) is 3.43. The first-order valence-corrected chi connectivity index (χ1v) is 7.94. The van der Waals surface area contributed by atoms with Crippen LogP contribution in [0.2, 0.25) is 0 Å². The Morgan fingerprint density at radius 2 is 1.73 bits per heavy atom. The molecule has 0 fully saturated rings. The summed E-state index contributed by atoms with van der Waals surface area (Å²) in [6, 6.07) is 5.33. The molecular formula is C18H26N2O2. The molecular weight excluding hydrogens is 276 g/mol. The van der Waals surface area contributed by atoms with Gasteiger partial charge in [-0.05, 0) is 57.4 Å². The van der Waals surface area contributed by atoms with Crippen LogP contribution in [0.25, 0.3) is 11.3 Å². The molecule has 2 aromatic rings. The van der Waals surface area contributed by atoms with Crippen LogP contribution in [0.1, 0.15) is 52.5 Å². The van der Waals surface area contributed by atoms with E-state index in [1.807, 2.05) is 31.5 Å². The van der Waals surface area contributed by atoms with Gasteiger partial charge in [-0.25, -0.2) is 0 Å². The molecule has 22 heavy (non-hydrogen) atoms. The molecule has 0 bridgehead atoms. The smallest absolute Gasteiger partial charge is 0.128 e. The largest absolute Gasteiger partial charge is 0.507 e. The summed E-state index contributed by atoms with van der Waals surface area (Å²) in [5, 5.41) is 25.1. The van der Waals surface area contributed by atoms with E-state index >= 15 is 0 Å². The highest BCUT2D eigenvalue weighted by Gasteiger charge is 2.22. The van der Waals surface area contributed by atoms with Crippen molar-refractivity contribution in [2.24, 2.45) is 0 Å². The first-order chi connectivity index (χ1) is 10.3. The van der Waals surface area contributed by atoms with E-state index in [0.29, 0.717) is 5.56 Å². The number of aryl methyl sites for hydroxylation is 1. The second kappa shape index (κ2) is 6.42. The lowest BCUT2D eigenvalue weighted by Gasteiger charge is -2.23. The normalized spacial score (nSPS) is 11.8. The molecule has 0 aliphatic heterocycles. The zero-order chi connectivity index (χ0) is 16.3. The molecule has 1 heterocycles. The number of hydrogen-bond donors (Lipinski definition) is 2. The van der Waals surface area contributed by atoms with Crippen molar-refractivity contribution < 1.29 is 10.2 Å². The Morgan fingerprint density at radius 3 is 2.27 bits per heavy atom. The number of nitrogens with zero attached hydrogens (tertiary/aromatic N) is 2. The van der Waals surface area contributed by atoms with Gasteiger partial charge in [-0.3, -0.25) is 4.68 Å². The molecule has 120 valence electrons. The fraction of sp³-hybridized carbons (Fsp3) is 0.500. The summed E-state index contributed by atoms with van der Waals surface area (Å²) in [4.78, 5) is 0. The number of aromatic nitrogens is 2. The number of benzene rings is 1. The van der Waals surface area contributed by atoms with E-state index in [0.717, 1.165) is 36.9 Å². The van der Waals surface area contributed by atoms with Gasteiger partial charge in [-0.1, -0.05) is 19.8 Å². The third-order valence-electron chi connectivity index (χ3n) is 3.76. The standard InChI is InChI=1S/C18H26N2O2/c1-5-6-7-8-13-11-15(21)17(16(22)12-13)14-9-10-19-20(14)18(2,3)4/h9-12,21-22H,5-8H2,1-4H3. The molecule has 0 radical (unpaired) electrons. The molecule has 1 aromatic heterocycles. The monoisotopic (exact) mass is 302 g/mol. The molecule has 0 aliphatic carbocycles. The van der Waals surface area contributed by atoms with Crippen LogP contribution in [0.3, 0.4) is 0 Å². The minimum atomic E-state index is -0.225. The molecule has 0 saturated heterocycles. The number of phenols is 2. The first kappa shape index (κ1) is 16.4. The predicted molar refractivity (Wildman–Crippen MR) is 89.2 cm³/mol. The van der Waals surface area contributed by atoms with Gasteiger partial charge in [0, 0.05) is 6.20 Å². The highest BCUT2D eigenvalue weighted by atomic mass is 16.3. The fourth-order valence-corrected chi connectivity index (χ4v) is 2.68. The number of phenolic OH excluding ortho intramolecular Hbond substituents is 2. The van der Waals surface area contributed by atoms with E-state index in [1.165, 1.54) is 0 Å². The van der Waals surface area contributed by atoms with Gasteiger partial charge >= 0.3 is 0 Å². The van der Waals surface area contributed by atoms with Crippen LogP contribution in [0, 0.1) is 0 Å². The van der Waals surface area contributed by atoms with Gasteiger partial charge < -0.3 is 10.2 Å². The first-order valence-electron chi connectivity index (χ1n) is 7.94. The second-order valence-corrected chi connectivity index (χ2v) is 6.77. The van der Waals surface area contributed by atoms with Gasteiger partial charge in [0.1, 0.15) is 11.5 Å². The summed E-state index contributed by atoms with van der Waals surface area (Å²) < 4.78 is 1.82. The van der Waals surface area contributed by atoms with Crippen molar-refractivity contribution in [1.29, 1.82) is 0 Å². The summed E-state index contributed by atoms with van der Waals surface area (Å²) >= 11 is 0. The number of rotatable bonds is 5. The van der Waals surface area contributed by atoms with Crippen LogP contribution in [0.15, 0.2) is 24.4 Å². The molecule has 4 heteroatoms. The summed E-state index contributed by atoms with van der Waals surface area (Å²) in [6.45, 7) is 8.27. The topological polar surface area (TPSA) is 58.3 Å². The van der Waals surface area contributed by atoms with Crippen LogP contribution in [-0.2, 0) is 12.0 Å². The third-order valence-corrected chi connectivity index (χ3v) is 3.76. The van der Waals surface area contributed by atoms with E-state index in [4.69, 9.17) is 0 Å². The molecule has 0 atom stereocenters. The molecule has 2 rings (SSSR count). The summed E-state index contributed by atoms with van der Waals surface area (Å²) in [5.41, 5.74) is 1.92. The Labute approximate surface area is 132 Å². The van der Waals surface area contributed by atoms with E-state index in [1.54, 1.807) is 18.3 Å². The minimum absolute atomic E-state index is 0.109. The van der Waals surface area contributed by atoms with Gasteiger partial charge in [-0.2, -0.15) is 5.10 Å². The molecule has 0 amide bonds. The average Bonchev–Trinajstić information content (AvgIpc) is 2.87. The number of unbranched alkanes of at least 4 members (excludes halogenated alkanes) is 2. The Hall–Kier alpha value is -1.97. The van der Waals surface area contributed by atoms with E-state index in [9.17, 15) is 10.2 Å². The van der Waals surface area contributed by atoms with Crippen LogP contribution in [-0.4, -0.2) is 20.0 Å². The lowest BCUT2D eigenvalue weighted by atomic mass is 10.0. The molecule has 0 unspecified atom stereocenters. The van der Waals surface area contributed by atoms with Gasteiger partial charge in [0.15, 0.2) is 0 Å². The lowest BCUT2D eigenvalue weighted by molar-refractivity contribution is 0.358. The van der Waals surface area contributed by atoms with Crippen molar-refractivity contribution in [3.63, 3.8) is 0 Å². The molecule has 0 saturated carbocycles. The number of aromatic hydroxyl groups is 2. The van der Waals surface area contributed by atoms with Crippen molar-refractivity contribution in [1.82, 2.24) is 9.78 Å². The maximum Gasteiger partial charge on any atom is 0.128 e. The minimum Gasteiger partial charge on any atom is -0.507 e. The van der Waals surface area contributed by atoms with Crippen molar-refractivity contribution >= 4 is 0 Å². The van der Waals surface area contributed by atoms with Crippen molar-refractivity contribution in [3.05, 3.63) is 30.0 Å². The van der Waals surface area contributed by atoms with Crippen LogP contribution in [0.5, 0.6) is 11.5 Å². The highest BCUT2D eigenvalue weighted by Crippen LogP contribution is 2.39. The maximum absolute atomic E-state index is 10.4. The molecule has 2 N–H and O–H groups in total. The summed E-state index contributed by atoms with van der Waals surface area (Å²) in [6.07, 6.45) is 5.93. The van der Waals surface area contributed by atoms with Crippen molar-refractivity contribution in [2.45, 2.75) is 58.9 Å². The van der Waals surface area contributed by atoms with Gasteiger partial charge in [-0.15, -0.1) is 0 Å². The molecule has 0 aliphatic rings. The molecule has 4 nitrogen and oxygen atoms in total. The van der Waals surface area contributed by atoms with Gasteiger partial charge in [0.05, 0.1) is 16.8 Å². The summed E-state index contributed by atoms with van der Waals surface area (Å²) in [7, 11) is 0. The zero-order valence-corrected chi connectivity index (χ0v) is 13.9. The van der Waals surface area contributed by atoms with Gasteiger partial charge in [0.25, 0.3) is 0 Å². The highest BCUT2D eigenvalue weighted by molar-refractivity contribution is 5.74. The van der Waals surface area contributed by atoms with Crippen LogP contribution < -0.4 is 0 Å². The van der Waals surface area contributed by atoms with E-state index in [2.05, 4.69) is 12.0 Å². The Kier molecular flexibility index (Phi) is 4.79. The Bertz CT molecular complexity index is 616. The van der Waals surface area contributed by atoms with Crippen LogP contribution in [0.4, 0.5) is 0 Å². The van der Waals surface area contributed by atoms with Gasteiger partial charge in [0.2, 0.25) is 0 Å².